The van der Waals surface area contributed by atoms with Crippen molar-refractivity contribution in [1.82, 2.24) is 9.78 Å². The maximum absolute atomic E-state index is 11.2. The van der Waals surface area contributed by atoms with Gasteiger partial charge in [0.15, 0.2) is 0 Å². The number of non-ortho nitro benzene ring substituents is 1. The second kappa shape index (κ2) is 6.03. The summed E-state index contributed by atoms with van der Waals surface area (Å²) in [6.45, 7) is 0. The van der Waals surface area contributed by atoms with Gasteiger partial charge in [0.25, 0.3) is 5.69 Å². The first-order chi connectivity index (χ1) is 12.6. The van der Waals surface area contributed by atoms with Crippen molar-refractivity contribution in [2.75, 3.05) is 14.2 Å². The minimum atomic E-state index is -0.418. The van der Waals surface area contributed by atoms with Crippen LogP contribution < -0.4 is 9.47 Å². The average Bonchev–Trinajstić information content (AvgIpc) is 3.06. The third-order valence-electron chi connectivity index (χ3n) is 4.31. The van der Waals surface area contributed by atoms with E-state index in [9.17, 15) is 10.1 Å². The first kappa shape index (κ1) is 15.9. The molecule has 0 aliphatic carbocycles. The minimum Gasteiger partial charge on any atom is -0.496 e. The van der Waals surface area contributed by atoms with Crippen LogP contribution in [0.3, 0.4) is 0 Å². The Labute approximate surface area is 148 Å². The Kier molecular flexibility index (Phi) is 3.69. The van der Waals surface area contributed by atoms with E-state index in [0.29, 0.717) is 17.0 Å². The molecule has 7 nitrogen and oxygen atoms in total. The van der Waals surface area contributed by atoms with Gasteiger partial charge in [-0.15, -0.1) is 5.10 Å². The number of aromatic nitrogens is 2. The number of benzene rings is 3. The molecule has 0 spiro atoms. The van der Waals surface area contributed by atoms with E-state index in [2.05, 4.69) is 5.10 Å². The molecule has 0 bridgehead atoms. The standard InChI is InChI=1S/C19H15N3O4/c1-25-17-11-16-18(14-9-8-13(22(23)24)10-15(14)17)21(20-19(16)26-2)12-6-4-3-5-7-12/h3-11H,1-2H3. The van der Waals surface area contributed by atoms with Crippen LogP contribution in [0, 0.1) is 10.1 Å². The van der Waals surface area contributed by atoms with Crippen LogP contribution >= 0.6 is 0 Å². The van der Waals surface area contributed by atoms with Gasteiger partial charge in [0, 0.05) is 22.9 Å². The van der Waals surface area contributed by atoms with E-state index >= 15 is 0 Å². The van der Waals surface area contributed by atoms with Crippen molar-refractivity contribution in [3.63, 3.8) is 0 Å². The topological polar surface area (TPSA) is 79.4 Å². The van der Waals surface area contributed by atoms with Gasteiger partial charge in [-0.3, -0.25) is 10.1 Å². The second-order valence-electron chi connectivity index (χ2n) is 5.72. The van der Waals surface area contributed by atoms with Crippen LogP contribution in [0.1, 0.15) is 0 Å². The van der Waals surface area contributed by atoms with Crippen molar-refractivity contribution in [1.29, 1.82) is 0 Å². The summed E-state index contributed by atoms with van der Waals surface area (Å²) < 4.78 is 12.7. The van der Waals surface area contributed by atoms with Crippen molar-refractivity contribution < 1.29 is 14.4 Å². The quantitative estimate of drug-likeness (QED) is 0.409. The Morgan fingerprint density at radius 3 is 2.38 bits per heavy atom. The Bertz CT molecular complexity index is 1140. The number of ether oxygens (including phenoxy) is 2. The molecule has 0 unspecified atom stereocenters. The number of nitro benzene ring substituents is 1. The number of hydrogen-bond acceptors (Lipinski definition) is 5. The van der Waals surface area contributed by atoms with Crippen LogP contribution in [0.5, 0.6) is 11.6 Å². The summed E-state index contributed by atoms with van der Waals surface area (Å²) in [7, 11) is 3.09. The molecule has 0 radical (unpaired) electrons. The van der Waals surface area contributed by atoms with Gasteiger partial charge in [-0.2, -0.15) is 0 Å². The van der Waals surface area contributed by atoms with Crippen LogP contribution in [0.15, 0.2) is 54.6 Å². The van der Waals surface area contributed by atoms with Crippen molar-refractivity contribution >= 4 is 27.4 Å². The maximum atomic E-state index is 11.2. The molecule has 0 fully saturated rings. The smallest absolute Gasteiger partial charge is 0.270 e. The Balaban J connectivity index is 2.16. The predicted octanol–water partition coefficient (Wildman–Crippen LogP) is 4.10. The molecule has 26 heavy (non-hydrogen) atoms. The monoisotopic (exact) mass is 349 g/mol. The molecule has 3 aromatic carbocycles. The fourth-order valence-corrected chi connectivity index (χ4v) is 3.14. The highest BCUT2D eigenvalue weighted by molar-refractivity contribution is 6.11. The molecule has 0 aliphatic rings. The summed E-state index contributed by atoms with van der Waals surface area (Å²) in [5.74, 6) is 0.990. The molecule has 130 valence electrons. The molecule has 0 N–H and O–H groups in total. The lowest BCUT2D eigenvalue weighted by atomic mass is 10.0. The summed E-state index contributed by atoms with van der Waals surface area (Å²) >= 11 is 0. The number of rotatable bonds is 4. The lowest BCUT2D eigenvalue weighted by Crippen LogP contribution is -1.97. The number of methoxy groups -OCH3 is 2. The van der Waals surface area contributed by atoms with Crippen molar-refractivity contribution in [3.8, 4) is 17.3 Å². The Hall–Kier alpha value is -3.61. The first-order valence-corrected chi connectivity index (χ1v) is 7.91. The van der Waals surface area contributed by atoms with Gasteiger partial charge in [-0.25, -0.2) is 4.68 Å². The van der Waals surface area contributed by atoms with Gasteiger partial charge in [0.05, 0.1) is 35.7 Å². The van der Waals surface area contributed by atoms with Crippen LogP contribution in [0.25, 0.3) is 27.4 Å². The van der Waals surface area contributed by atoms with Gasteiger partial charge in [0.2, 0.25) is 5.88 Å². The predicted molar refractivity (Wildman–Crippen MR) is 98.3 cm³/mol. The fourth-order valence-electron chi connectivity index (χ4n) is 3.14. The van der Waals surface area contributed by atoms with E-state index in [1.165, 1.54) is 19.2 Å². The lowest BCUT2D eigenvalue weighted by Gasteiger charge is -2.09. The summed E-state index contributed by atoms with van der Waals surface area (Å²) in [6.07, 6.45) is 0. The third kappa shape index (κ3) is 2.33. The lowest BCUT2D eigenvalue weighted by molar-refractivity contribution is -0.384. The maximum Gasteiger partial charge on any atom is 0.270 e. The van der Waals surface area contributed by atoms with Crippen LogP contribution in [-0.2, 0) is 0 Å². The molecule has 1 heterocycles. The van der Waals surface area contributed by atoms with Gasteiger partial charge in [0.1, 0.15) is 5.75 Å². The summed E-state index contributed by atoms with van der Waals surface area (Å²) in [6, 6.07) is 16.2. The zero-order valence-corrected chi connectivity index (χ0v) is 14.2. The Morgan fingerprint density at radius 1 is 0.962 bits per heavy atom. The molecule has 0 amide bonds. The van der Waals surface area contributed by atoms with Crippen molar-refractivity contribution in [3.05, 3.63) is 64.7 Å². The third-order valence-corrected chi connectivity index (χ3v) is 4.31. The van der Waals surface area contributed by atoms with Gasteiger partial charge >= 0.3 is 0 Å². The number of fused-ring (bicyclic) bond motifs is 3. The van der Waals surface area contributed by atoms with E-state index in [1.54, 1.807) is 23.9 Å². The zero-order chi connectivity index (χ0) is 18.3. The molecule has 0 aliphatic heterocycles. The zero-order valence-electron chi connectivity index (χ0n) is 14.2. The van der Waals surface area contributed by atoms with E-state index in [4.69, 9.17) is 9.47 Å². The second-order valence-corrected chi connectivity index (χ2v) is 5.72. The largest absolute Gasteiger partial charge is 0.496 e. The highest BCUT2D eigenvalue weighted by Gasteiger charge is 2.20. The Morgan fingerprint density at radius 2 is 1.73 bits per heavy atom. The van der Waals surface area contributed by atoms with Crippen molar-refractivity contribution in [2.24, 2.45) is 0 Å². The molecule has 7 heteroatoms. The first-order valence-electron chi connectivity index (χ1n) is 7.91. The molecular weight excluding hydrogens is 334 g/mol. The van der Waals surface area contributed by atoms with E-state index in [1.807, 2.05) is 30.3 Å². The van der Waals surface area contributed by atoms with Crippen molar-refractivity contribution in [2.45, 2.75) is 0 Å². The van der Waals surface area contributed by atoms with Crippen LogP contribution in [0.2, 0.25) is 0 Å². The molecule has 1 aromatic heterocycles. The van der Waals surface area contributed by atoms with E-state index in [0.717, 1.165) is 22.0 Å². The highest BCUT2D eigenvalue weighted by atomic mass is 16.6. The number of nitrogens with zero attached hydrogens (tertiary/aromatic N) is 3. The molecular formula is C19H15N3O4. The van der Waals surface area contributed by atoms with E-state index < -0.39 is 4.92 Å². The molecule has 0 atom stereocenters. The number of para-hydroxylation sites is 1. The van der Waals surface area contributed by atoms with Gasteiger partial charge in [-0.1, -0.05) is 18.2 Å². The van der Waals surface area contributed by atoms with Gasteiger partial charge in [-0.05, 0) is 24.3 Å². The van der Waals surface area contributed by atoms with E-state index in [-0.39, 0.29) is 5.69 Å². The van der Waals surface area contributed by atoms with Crippen LogP contribution in [0.4, 0.5) is 5.69 Å². The molecule has 0 saturated carbocycles. The normalized spacial score (nSPS) is 11.0. The number of hydrogen-bond donors (Lipinski definition) is 0. The SMILES string of the molecule is COc1cc2c(OC)nn(-c3ccccc3)c2c2ccc([N+](=O)[O-])cc12. The molecule has 4 rings (SSSR count). The number of nitro groups is 1. The molecule has 0 saturated heterocycles. The highest BCUT2D eigenvalue weighted by Crippen LogP contribution is 2.39. The average molecular weight is 349 g/mol. The fraction of sp³-hybridized carbons (Fsp3) is 0.105. The summed E-state index contributed by atoms with van der Waals surface area (Å²) in [5, 5.41) is 18.0. The molecule has 4 aromatic rings. The van der Waals surface area contributed by atoms with Gasteiger partial charge < -0.3 is 9.47 Å². The summed E-state index contributed by atoms with van der Waals surface area (Å²) in [4.78, 5) is 10.8. The van der Waals surface area contributed by atoms with Crippen LogP contribution in [-0.4, -0.2) is 28.9 Å². The summed E-state index contributed by atoms with van der Waals surface area (Å²) in [5.41, 5.74) is 1.68. The minimum absolute atomic E-state index is 0.00731.